The minimum atomic E-state index is -4.48. The summed E-state index contributed by atoms with van der Waals surface area (Å²) >= 11 is 0. The molecular formula is C22H18F3NO3. The highest BCUT2D eigenvalue weighted by molar-refractivity contribution is 5.94. The largest absolute Gasteiger partial charge is 0.481 e. The number of halogens is 3. The maximum atomic E-state index is 12.8. The molecule has 0 saturated carbocycles. The Kier molecular flexibility index (Phi) is 6.07. The fraction of sp³-hybridized carbons (Fsp3) is 0.136. The van der Waals surface area contributed by atoms with Gasteiger partial charge in [-0.2, -0.15) is 13.2 Å². The molecule has 3 aromatic carbocycles. The number of amides is 1. The molecule has 0 aliphatic heterocycles. The van der Waals surface area contributed by atoms with Crippen LogP contribution in [0.15, 0.2) is 78.9 Å². The number of ether oxygens (including phenoxy) is 2. The van der Waals surface area contributed by atoms with Crippen molar-refractivity contribution in [3.05, 3.63) is 84.4 Å². The van der Waals surface area contributed by atoms with E-state index in [1.54, 1.807) is 24.3 Å². The molecule has 4 nitrogen and oxygen atoms in total. The lowest BCUT2D eigenvalue weighted by Crippen LogP contribution is -2.30. The van der Waals surface area contributed by atoms with Crippen molar-refractivity contribution in [3.63, 3.8) is 0 Å². The van der Waals surface area contributed by atoms with Gasteiger partial charge in [0.05, 0.1) is 5.56 Å². The summed E-state index contributed by atoms with van der Waals surface area (Å²) in [7, 11) is 0. The second kappa shape index (κ2) is 8.68. The molecule has 7 heteroatoms. The number of benzene rings is 3. The van der Waals surface area contributed by atoms with E-state index in [9.17, 15) is 18.0 Å². The number of hydrogen-bond donors (Lipinski definition) is 1. The van der Waals surface area contributed by atoms with Crippen molar-refractivity contribution < 1.29 is 27.4 Å². The van der Waals surface area contributed by atoms with Gasteiger partial charge < -0.3 is 14.8 Å². The Balaban J connectivity index is 1.58. The molecule has 0 radical (unpaired) electrons. The molecule has 0 bridgehead atoms. The third-order valence-electron chi connectivity index (χ3n) is 3.94. The fourth-order valence-corrected chi connectivity index (χ4v) is 2.49. The molecule has 0 aliphatic rings. The van der Waals surface area contributed by atoms with Crippen LogP contribution < -0.4 is 14.8 Å². The predicted octanol–water partition coefficient (Wildman–Crippen LogP) is 5.90. The first-order valence-corrected chi connectivity index (χ1v) is 8.79. The second-order valence-corrected chi connectivity index (χ2v) is 6.21. The van der Waals surface area contributed by atoms with Crippen molar-refractivity contribution >= 4 is 11.6 Å². The van der Waals surface area contributed by atoms with Crippen LogP contribution in [-0.2, 0) is 11.0 Å². The number of hydrogen-bond acceptors (Lipinski definition) is 3. The van der Waals surface area contributed by atoms with Crippen molar-refractivity contribution in [2.45, 2.75) is 19.2 Å². The lowest BCUT2D eigenvalue weighted by molar-refractivity contribution is -0.137. The van der Waals surface area contributed by atoms with Gasteiger partial charge in [-0.25, -0.2) is 0 Å². The normalized spacial score (nSPS) is 12.1. The van der Waals surface area contributed by atoms with Gasteiger partial charge in [-0.1, -0.05) is 24.3 Å². The third-order valence-corrected chi connectivity index (χ3v) is 3.94. The van der Waals surface area contributed by atoms with E-state index in [4.69, 9.17) is 9.47 Å². The van der Waals surface area contributed by atoms with Crippen LogP contribution >= 0.6 is 0 Å². The molecule has 29 heavy (non-hydrogen) atoms. The number of rotatable bonds is 6. The molecule has 0 aromatic heterocycles. The summed E-state index contributed by atoms with van der Waals surface area (Å²) in [5.41, 5.74) is -0.787. The summed E-state index contributed by atoms with van der Waals surface area (Å²) in [5, 5.41) is 2.43. The average molecular weight is 401 g/mol. The second-order valence-electron chi connectivity index (χ2n) is 6.21. The number of nitrogens with one attached hydrogen (secondary N) is 1. The summed E-state index contributed by atoms with van der Waals surface area (Å²) in [4.78, 5) is 12.2. The number of carbonyl (C=O) groups is 1. The van der Waals surface area contributed by atoms with Crippen LogP contribution in [0.25, 0.3) is 0 Å². The highest BCUT2D eigenvalue weighted by Gasteiger charge is 2.30. The van der Waals surface area contributed by atoms with Gasteiger partial charge in [-0.05, 0) is 61.5 Å². The highest BCUT2D eigenvalue weighted by atomic mass is 19.4. The quantitative estimate of drug-likeness (QED) is 0.559. The van der Waals surface area contributed by atoms with Crippen molar-refractivity contribution in [1.82, 2.24) is 0 Å². The van der Waals surface area contributed by atoms with Gasteiger partial charge in [0.25, 0.3) is 5.91 Å². The molecule has 3 rings (SSSR count). The van der Waals surface area contributed by atoms with Gasteiger partial charge in [-0.3, -0.25) is 4.79 Å². The van der Waals surface area contributed by atoms with E-state index in [2.05, 4.69) is 5.32 Å². The van der Waals surface area contributed by atoms with E-state index in [-0.39, 0.29) is 5.69 Å². The molecule has 0 saturated heterocycles. The maximum Gasteiger partial charge on any atom is 0.416 e. The van der Waals surface area contributed by atoms with E-state index < -0.39 is 23.8 Å². The Morgan fingerprint density at radius 3 is 2.14 bits per heavy atom. The van der Waals surface area contributed by atoms with E-state index in [1.165, 1.54) is 19.1 Å². The summed E-state index contributed by atoms with van der Waals surface area (Å²) in [5.74, 6) is 1.16. The van der Waals surface area contributed by atoms with Crippen LogP contribution in [0.1, 0.15) is 12.5 Å². The van der Waals surface area contributed by atoms with Crippen LogP contribution in [-0.4, -0.2) is 12.0 Å². The zero-order valence-electron chi connectivity index (χ0n) is 15.4. The van der Waals surface area contributed by atoms with Crippen LogP contribution in [0, 0.1) is 0 Å². The molecule has 0 spiro atoms. The third kappa shape index (κ3) is 5.75. The van der Waals surface area contributed by atoms with Gasteiger partial charge in [0.1, 0.15) is 17.2 Å². The summed E-state index contributed by atoms with van der Waals surface area (Å²) in [6, 6.07) is 20.4. The maximum absolute atomic E-state index is 12.8. The molecule has 0 aliphatic carbocycles. The number of alkyl halides is 3. The molecule has 1 N–H and O–H groups in total. The Labute approximate surface area is 165 Å². The Bertz CT molecular complexity index is 957. The van der Waals surface area contributed by atoms with E-state index >= 15 is 0 Å². The molecular weight excluding hydrogens is 383 g/mol. The molecule has 0 fully saturated rings. The number of carbonyl (C=O) groups excluding carboxylic acids is 1. The summed E-state index contributed by atoms with van der Waals surface area (Å²) in [6.45, 7) is 1.51. The first kappa shape index (κ1) is 20.3. The van der Waals surface area contributed by atoms with E-state index in [0.29, 0.717) is 17.2 Å². The van der Waals surface area contributed by atoms with Gasteiger partial charge in [0.2, 0.25) is 0 Å². The fourth-order valence-electron chi connectivity index (χ4n) is 2.49. The van der Waals surface area contributed by atoms with Gasteiger partial charge in [0.15, 0.2) is 6.10 Å². The summed E-state index contributed by atoms with van der Waals surface area (Å²) in [6.07, 6.45) is -5.39. The average Bonchev–Trinajstić information content (AvgIpc) is 2.70. The molecule has 0 heterocycles. The van der Waals surface area contributed by atoms with Crippen LogP contribution in [0.5, 0.6) is 17.2 Å². The van der Waals surface area contributed by atoms with Crippen molar-refractivity contribution in [2.75, 3.05) is 5.32 Å². The SMILES string of the molecule is CC(Oc1ccc(Oc2ccccc2)cc1)C(=O)Nc1cccc(C(F)(F)F)c1. The highest BCUT2D eigenvalue weighted by Crippen LogP contribution is 2.30. The number of anilines is 1. The Morgan fingerprint density at radius 2 is 1.48 bits per heavy atom. The molecule has 3 aromatic rings. The summed E-state index contributed by atoms with van der Waals surface area (Å²) < 4.78 is 49.6. The van der Waals surface area contributed by atoms with E-state index in [0.717, 1.165) is 12.1 Å². The Morgan fingerprint density at radius 1 is 0.862 bits per heavy atom. The zero-order chi connectivity index (χ0) is 20.9. The van der Waals surface area contributed by atoms with Crippen LogP contribution in [0.3, 0.4) is 0 Å². The lowest BCUT2D eigenvalue weighted by atomic mass is 10.2. The number of para-hydroxylation sites is 1. The molecule has 150 valence electrons. The van der Waals surface area contributed by atoms with E-state index in [1.807, 2.05) is 30.3 Å². The standard InChI is InChI=1S/C22H18F3NO3/c1-15(21(27)26-17-7-5-6-16(14-17)22(23,24)25)28-19-10-12-20(13-11-19)29-18-8-3-2-4-9-18/h2-15H,1H3,(H,26,27). The first-order valence-electron chi connectivity index (χ1n) is 8.79. The smallest absolute Gasteiger partial charge is 0.416 e. The van der Waals surface area contributed by atoms with Gasteiger partial charge in [-0.15, -0.1) is 0 Å². The minimum Gasteiger partial charge on any atom is -0.481 e. The first-order chi connectivity index (χ1) is 13.8. The zero-order valence-corrected chi connectivity index (χ0v) is 15.4. The van der Waals surface area contributed by atoms with Crippen molar-refractivity contribution in [1.29, 1.82) is 0 Å². The van der Waals surface area contributed by atoms with Crippen molar-refractivity contribution in [2.24, 2.45) is 0 Å². The van der Waals surface area contributed by atoms with Gasteiger partial charge in [0, 0.05) is 5.69 Å². The van der Waals surface area contributed by atoms with Crippen LogP contribution in [0.4, 0.5) is 18.9 Å². The predicted molar refractivity (Wildman–Crippen MR) is 103 cm³/mol. The minimum absolute atomic E-state index is 0.0480. The molecule has 1 amide bonds. The van der Waals surface area contributed by atoms with Crippen LogP contribution in [0.2, 0.25) is 0 Å². The lowest BCUT2D eigenvalue weighted by Gasteiger charge is -2.16. The van der Waals surface area contributed by atoms with Gasteiger partial charge >= 0.3 is 6.18 Å². The topological polar surface area (TPSA) is 47.6 Å². The Hall–Kier alpha value is -3.48. The van der Waals surface area contributed by atoms with Crippen molar-refractivity contribution in [3.8, 4) is 17.2 Å². The molecule has 1 atom stereocenters. The monoisotopic (exact) mass is 401 g/mol. The molecule has 1 unspecified atom stereocenters.